The Labute approximate surface area is 93.8 Å². The lowest BCUT2D eigenvalue weighted by Gasteiger charge is -2.08. The van der Waals surface area contributed by atoms with E-state index >= 15 is 0 Å². The monoisotopic (exact) mass is 218 g/mol. The molecule has 0 aliphatic rings. The molecule has 2 aromatic rings. The van der Waals surface area contributed by atoms with Crippen LogP contribution in [0.2, 0.25) is 0 Å². The Morgan fingerprint density at radius 2 is 1.87 bits per heavy atom. The van der Waals surface area contributed by atoms with Gasteiger partial charge in [0.25, 0.3) is 0 Å². The summed E-state index contributed by atoms with van der Waals surface area (Å²) >= 11 is 1.62. The number of thiazole rings is 1. The molecular weight excluding hydrogens is 204 g/mol. The zero-order chi connectivity index (χ0) is 10.8. The standard InChI is InChI=1S/C12H14N2S/c1-8-3-5-10(6-4-8)11(13)12-14-9(2)7-15-12/h3-7,11H,13H2,1-2H3. The number of hydrogen-bond donors (Lipinski definition) is 1. The van der Waals surface area contributed by atoms with Gasteiger partial charge in [-0.1, -0.05) is 29.8 Å². The van der Waals surface area contributed by atoms with Gasteiger partial charge in [0.2, 0.25) is 0 Å². The quantitative estimate of drug-likeness (QED) is 0.841. The van der Waals surface area contributed by atoms with E-state index in [1.165, 1.54) is 5.56 Å². The van der Waals surface area contributed by atoms with Gasteiger partial charge in [-0.15, -0.1) is 11.3 Å². The van der Waals surface area contributed by atoms with Gasteiger partial charge in [0, 0.05) is 11.1 Å². The Balaban J connectivity index is 2.28. The molecule has 1 atom stereocenters. The average molecular weight is 218 g/mol. The van der Waals surface area contributed by atoms with Crippen LogP contribution in [0.5, 0.6) is 0 Å². The molecule has 0 aliphatic carbocycles. The summed E-state index contributed by atoms with van der Waals surface area (Å²) in [5, 5.41) is 3.01. The van der Waals surface area contributed by atoms with Gasteiger partial charge in [-0.2, -0.15) is 0 Å². The molecule has 0 amide bonds. The average Bonchev–Trinajstić information content (AvgIpc) is 2.65. The summed E-state index contributed by atoms with van der Waals surface area (Å²) in [6, 6.07) is 8.20. The molecule has 1 heterocycles. The fourth-order valence-electron chi connectivity index (χ4n) is 1.43. The zero-order valence-corrected chi connectivity index (χ0v) is 9.71. The van der Waals surface area contributed by atoms with E-state index in [1.54, 1.807) is 11.3 Å². The van der Waals surface area contributed by atoms with E-state index in [4.69, 9.17) is 5.73 Å². The Morgan fingerprint density at radius 3 is 2.40 bits per heavy atom. The highest BCUT2D eigenvalue weighted by Gasteiger charge is 2.11. The Hall–Kier alpha value is -1.19. The lowest BCUT2D eigenvalue weighted by atomic mass is 10.1. The van der Waals surface area contributed by atoms with Gasteiger partial charge in [0.15, 0.2) is 0 Å². The van der Waals surface area contributed by atoms with Gasteiger partial charge in [-0.25, -0.2) is 4.98 Å². The molecule has 0 fully saturated rings. The van der Waals surface area contributed by atoms with E-state index < -0.39 is 0 Å². The third-order valence-corrected chi connectivity index (χ3v) is 3.38. The molecule has 2 rings (SSSR count). The van der Waals surface area contributed by atoms with E-state index in [0.29, 0.717) is 0 Å². The molecule has 0 bridgehead atoms. The smallest absolute Gasteiger partial charge is 0.114 e. The van der Waals surface area contributed by atoms with Crippen molar-refractivity contribution in [1.29, 1.82) is 0 Å². The molecule has 0 saturated heterocycles. The first-order valence-electron chi connectivity index (χ1n) is 4.91. The molecule has 3 heteroatoms. The minimum Gasteiger partial charge on any atom is -0.318 e. The van der Waals surface area contributed by atoms with Gasteiger partial charge in [0.1, 0.15) is 5.01 Å². The highest BCUT2D eigenvalue weighted by molar-refractivity contribution is 7.09. The van der Waals surface area contributed by atoms with Crippen LogP contribution in [0, 0.1) is 13.8 Å². The first-order valence-corrected chi connectivity index (χ1v) is 5.79. The second kappa shape index (κ2) is 4.13. The molecule has 0 aliphatic heterocycles. The van der Waals surface area contributed by atoms with Crippen LogP contribution in [0.1, 0.15) is 27.9 Å². The first-order chi connectivity index (χ1) is 7.16. The molecule has 0 radical (unpaired) electrons. The fourth-order valence-corrected chi connectivity index (χ4v) is 2.25. The third-order valence-electron chi connectivity index (χ3n) is 2.34. The van der Waals surface area contributed by atoms with Crippen molar-refractivity contribution >= 4 is 11.3 Å². The molecule has 2 N–H and O–H groups in total. The molecule has 0 saturated carbocycles. The normalized spacial score (nSPS) is 12.7. The zero-order valence-electron chi connectivity index (χ0n) is 8.90. The van der Waals surface area contributed by atoms with Crippen LogP contribution in [-0.2, 0) is 0 Å². The van der Waals surface area contributed by atoms with Crippen molar-refractivity contribution in [3.8, 4) is 0 Å². The van der Waals surface area contributed by atoms with Crippen LogP contribution in [0.15, 0.2) is 29.6 Å². The van der Waals surface area contributed by atoms with Gasteiger partial charge in [-0.3, -0.25) is 0 Å². The number of nitrogens with two attached hydrogens (primary N) is 1. The van der Waals surface area contributed by atoms with Gasteiger partial charge in [-0.05, 0) is 19.4 Å². The van der Waals surface area contributed by atoms with Crippen LogP contribution >= 0.6 is 11.3 Å². The van der Waals surface area contributed by atoms with Crippen LogP contribution in [0.4, 0.5) is 0 Å². The Morgan fingerprint density at radius 1 is 1.20 bits per heavy atom. The van der Waals surface area contributed by atoms with E-state index in [0.717, 1.165) is 16.3 Å². The number of aryl methyl sites for hydroxylation is 2. The van der Waals surface area contributed by atoms with Crippen LogP contribution in [-0.4, -0.2) is 4.98 Å². The number of hydrogen-bond acceptors (Lipinski definition) is 3. The van der Waals surface area contributed by atoms with Crippen LogP contribution < -0.4 is 5.73 Å². The SMILES string of the molecule is Cc1ccc(C(N)c2nc(C)cs2)cc1. The van der Waals surface area contributed by atoms with E-state index in [1.807, 2.05) is 12.3 Å². The molecule has 1 aromatic heterocycles. The predicted octanol–water partition coefficient (Wildman–Crippen LogP) is 2.81. The third kappa shape index (κ3) is 2.25. The van der Waals surface area contributed by atoms with Crippen molar-refractivity contribution < 1.29 is 0 Å². The summed E-state index contributed by atoms with van der Waals surface area (Å²) in [6.07, 6.45) is 0. The van der Waals surface area contributed by atoms with Gasteiger partial charge >= 0.3 is 0 Å². The molecule has 2 nitrogen and oxygen atoms in total. The summed E-state index contributed by atoms with van der Waals surface area (Å²) in [4.78, 5) is 4.40. The number of benzene rings is 1. The van der Waals surface area contributed by atoms with E-state index in [9.17, 15) is 0 Å². The first kappa shape index (κ1) is 10.3. The fraction of sp³-hybridized carbons (Fsp3) is 0.250. The second-order valence-corrected chi connectivity index (χ2v) is 4.61. The Bertz CT molecular complexity index is 445. The van der Waals surface area contributed by atoms with Crippen LogP contribution in [0.3, 0.4) is 0 Å². The summed E-state index contributed by atoms with van der Waals surface area (Å²) in [7, 11) is 0. The van der Waals surface area contributed by atoms with Crippen molar-refractivity contribution in [1.82, 2.24) is 4.98 Å². The topological polar surface area (TPSA) is 38.9 Å². The molecule has 78 valence electrons. The molecule has 0 spiro atoms. The van der Waals surface area contributed by atoms with E-state index in [-0.39, 0.29) is 6.04 Å². The lowest BCUT2D eigenvalue weighted by molar-refractivity contribution is 0.852. The number of aromatic nitrogens is 1. The molecular formula is C12H14N2S. The number of rotatable bonds is 2. The van der Waals surface area contributed by atoms with Crippen molar-refractivity contribution in [2.24, 2.45) is 5.73 Å². The maximum atomic E-state index is 6.13. The van der Waals surface area contributed by atoms with Crippen molar-refractivity contribution in [2.45, 2.75) is 19.9 Å². The lowest BCUT2D eigenvalue weighted by Crippen LogP contribution is -2.11. The maximum Gasteiger partial charge on any atom is 0.114 e. The number of nitrogens with zero attached hydrogens (tertiary/aromatic N) is 1. The Kier molecular flexibility index (Phi) is 2.84. The summed E-state index contributed by atoms with van der Waals surface area (Å²) < 4.78 is 0. The largest absolute Gasteiger partial charge is 0.318 e. The predicted molar refractivity (Wildman–Crippen MR) is 64.1 cm³/mol. The van der Waals surface area contributed by atoms with Crippen molar-refractivity contribution in [3.63, 3.8) is 0 Å². The molecule has 1 aromatic carbocycles. The van der Waals surface area contributed by atoms with Crippen molar-refractivity contribution in [2.75, 3.05) is 0 Å². The van der Waals surface area contributed by atoms with Crippen LogP contribution in [0.25, 0.3) is 0 Å². The summed E-state index contributed by atoms with van der Waals surface area (Å²) in [6.45, 7) is 4.06. The summed E-state index contributed by atoms with van der Waals surface area (Å²) in [5.41, 5.74) is 9.54. The van der Waals surface area contributed by atoms with Crippen molar-refractivity contribution in [3.05, 3.63) is 51.5 Å². The van der Waals surface area contributed by atoms with E-state index in [2.05, 4.69) is 36.2 Å². The second-order valence-electron chi connectivity index (χ2n) is 3.72. The molecule has 15 heavy (non-hydrogen) atoms. The minimum absolute atomic E-state index is 0.0932. The maximum absolute atomic E-state index is 6.13. The van der Waals surface area contributed by atoms with Gasteiger partial charge in [0.05, 0.1) is 6.04 Å². The minimum atomic E-state index is -0.0932. The van der Waals surface area contributed by atoms with Gasteiger partial charge < -0.3 is 5.73 Å². The summed E-state index contributed by atoms with van der Waals surface area (Å²) in [5.74, 6) is 0. The molecule has 1 unspecified atom stereocenters. The highest BCUT2D eigenvalue weighted by atomic mass is 32.1. The highest BCUT2D eigenvalue weighted by Crippen LogP contribution is 2.22.